The first-order valence-corrected chi connectivity index (χ1v) is 26.8. The summed E-state index contributed by atoms with van der Waals surface area (Å²) in [4.78, 5) is 24.4. The Labute approximate surface area is 385 Å². The number of ether oxygens (including phenoxy) is 2. The standard InChI is InChI=1S/C57H102O5/c1-3-5-7-9-11-13-15-17-19-20-21-22-23-24-25-26-27-28-29-30-31-32-33-34-35-36-38-39-41-43-45-47-49-51-56(59)61-54-55(53-58)62-57(60)52-50-48-46-44-42-40-37-18-16-14-12-10-8-6-4-2/h6,8,12,14-15,17-18,20-21,37,55,58H,3-5,7,9-11,13,16,19,22-36,38-54H2,1-2H3/b8-6-,14-12-,17-15-,21-20-,37-18-. The summed E-state index contributed by atoms with van der Waals surface area (Å²) in [6.07, 6.45) is 70.6. The van der Waals surface area contributed by atoms with E-state index in [9.17, 15) is 14.7 Å². The van der Waals surface area contributed by atoms with Gasteiger partial charge in [0.15, 0.2) is 6.10 Å². The monoisotopic (exact) mass is 867 g/mol. The van der Waals surface area contributed by atoms with Crippen molar-refractivity contribution >= 4 is 11.9 Å². The van der Waals surface area contributed by atoms with Gasteiger partial charge in [-0.05, 0) is 77.0 Å². The van der Waals surface area contributed by atoms with Gasteiger partial charge in [0.2, 0.25) is 0 Å². The average Bonchev–Trinajstić information content (AvgIpc) is 3.28. The van der Waals surface area contributed by atoms with Gasteiger partial charge in [0.25, 0.3) is 0 Å². The fraction of sp³-hybridized carbons (Fsp3) is 0.789. The van der Waals surface area contributed by atoms with E-state index in [2.05, 4.69) is 74.6 Å². The molecule has 0 radical (unpaired) electrons. The normalized spacial score (nSPS) is 12.6. The highest BCUT2D eigenvalue weighted by Gasteiger charge is 2.16. The summed E-state index contributed by atoms with van der Waals surface area (Å²) < 4.78 is 10.7. The van der Waals surface area contributed by atoms with Crippen LogP contribution in [0.3, 0.4) is 0 Å². The van der Waals surface area contributed by atoms with Gasteiger partial charge in [-0.25, -0.2) is 0 Å². The minimum atomic E-state index is -0.781. The predicted molar refractivity (Wildman–Crippen MR) is 270 cm³/mol. The minimum Gasteiger partial charge on any atom is -0.462 e. The van der Waals surface area contributed by atoms with Crippen molar-refractivity contribution in [1.82, 2.24) is 0 Å². The van der Waals surface area contributed by atoms with E-state index in [-0.39, 0.29) is 25.2 Å². The zero-order chi connectivity index (χ0) is 44.9. The van der Waals surface area contributed by atoms with Crippen LogP contribution in [0.25, 0.3) is 0 Å². The number of aliphatic hydroxyl groups is 1. The molecular weight excluding hydrogens is 765 g/mol. The molecule has 5 heteroatoms. The number of aliphatic hydroxyl groups excluding tert-OH is 1. The molecule has 0 spiro atoms. The SMILES string of the molecule is CC/C=C\C/C=C\C/C=C\CCCCCCCC(=O)OC(CO)COC(=O)CCCCCCCCCCCCCCCCCCCCCCC/C=C\C/C=C\CCCCCCC. The summed E-state index contributed by atoms with van der Waals surface area (Å²) in [7, 11) is 0. The summed E-state index contributed by atoms with van der Waals surface area (Å²) >= 11 is 0. The molecule has 1 atom stereocenters. The van der Waals surface area contributed by atoms with Crippen LogP contribution in [0.5, 0.6) is 0 Å². The summed E-state index contributed by atoms with van der Waals surface area (Å²) in [6, 6.07) is 0. The van der Waals surface area contributed by atoms with Crippen molar-refractivity contribution in [1.29, 1.82) is 0 Å². The van der Waals surface area contributed by atoms with Gasteiger partial charge >= 0.3 is 11.9 Å². The molecule has 0 amide bonds. The summed E-state index contributed by atoms with van der Waals surface area (Å²) in [5.74, 6) is -0.603. The Kier molecular flexibility index (Phi) is 50.9. The molecule has 0 saturated carbocycles. The van der Waals surface area contributed by atoms with E-state index in [1.165, 1.54) is 167 Å². The first kappa shape index (κ1) is 59.6. The number of unbranched alkanes of at least 4 members (excludes halogenated alkanes) is 31. The third kappa shape index (κ3) is 50.2. The van der Waals surface area contributed by atoms with Gasteiger partial charge in [-0.15, -0.1) is 0 Å². The predicted octanol–water partition coefficient (Wildman–Crippen LogP) is 17.9. The average molecular weight is 867 g/mol. The van der Waals surface area contributed by atoms with Crippen LogP contribution in [0, 0.1) is 0 Å². The van der Waals surface area contributed by atoms with E-state index in [4.69, 9.17) is 9.47 Å². The maximum Gasteiger partial charge on any atom is 0.306 e. The van der Waals surface area contributed by atoms with Crippen molar-refractivity contribution in [3.63, 3.8) is 0 Å². The highest BCUT2D eigenvalue weighted by molar-refractivity contribution is 5.70. The number of allylic oxidation sites excluding steroid dienone is 10. The number of hydrogen-bond donors (Lipinski definition) is 1. The second kappa shape index (κ2) is 52.9. The van der Waals surface area contributed by atoms with Crippen molar-refractivity contribution in [3.05, 3.63) is 60.8 Å². The van der Waals surface area contributed by atoms with Gasteiger partial charge in [-0.2, -0.15) is 0 Å². The first-order valence-electron chi connectivity index (χ1n) is 26.8. The Morgan fingerprint density at radius 3 is 1.05 bits per heavy atom. The van der Waals surface area contributed by atoms with Crippen LogP contribution in [0.15, 0.2) is 60.8 Å². The van der Waals surface area contributed by atoms with Gasteiger partial charge in [0.1, 0.15) is 6.61 Å². The third-order valence-electron chi connectivity index (χ3n) is 11.8. The summed E-state index contributed by atoms with van der Waals surface area (Å²) in [6.45, 7) is 4.02. The molecule has 5 nitrogen and oxygen atoms in total. The molecule has 0 aliphatic rings. The maximum atomic E-state index is 12.2. The molecule has 0 aromatic heterocycles. The lowest BCUT2D eigenvalue weighted by molar-refractivity contribution is -0.161. The van der Waals surface area contributed by atoms with Crippen molar-refractivity contribution in [2.45, 2.75) is 277 Å². The van der Waals surface area contributed by atoms with Crippen LogP contribution >= 0.6 is 0 Å². The third-order valence-corrected chi connectivity index (χ3v) is 11.8. The first-order chi connectivity index (χ1) is 30.6. The highest BCUT2D eigenvalue weighted by Crippen LogP contribution is 2.16. The zero-order valence-corrected chi connectivity index (χ0v) is 41.1. The lowest BCUT2D eigenvalue weighted by Crippen LogP contribution is -2.28. The number of hydrogen-bond acceptors (Lipinski definition) is 5. The molecule has 0 aromatic rings. The van der Waals surface area contributed by atoms with Gasteiger partial charge in [0.05, 0.1) is 6.61 Å². The molecular formula is C57H102O5. The number of carbonyl (C=O) groups is 2. The number of rotatable bonds is 49. The van der Waals surface area contributed by atoms with Crippen molar-refractivity contribution in [3.8, 4) is 0 Å². The maximum absolute atomic E-state index is 12.2. The van der Waals surface area contributed by atoms with E-state index in [0.29, 0.717) is 12.8 Å². The largest absolute Gasteiger partial charge is 0.462 e. The minimum absolute atomic E-state index is 0.0719. The van der Waals surface area contributed by atoms with Crippen LogP contribution in [-0.2, 0) is 19.1 Å². The van der Waals surface area contributed by atoms with Crippen LogP contribution < -0.4 is 0 Å². The lowest BCUT2D eigenvalue weighted by atomic mass is 10.0. The van der Waals surface area contributed by atoms with Crippen LogP contribution in [-0.4, -0.2) is 36.4 Å². The van der Waals surface area contributed by atoms with Gasteiger partial charge < -0.3 is 14.6 Å². The number of carbonyl (C=O) groups excluding carboxylic acids is 2. The Balaban J connectivity index is 3.43. The fourth-order valence-corrected chi connectivity index (χ4v) is 7.78. The zero-order valence-electron chi connectivity index (χ0n) is 41.1. The molecule has 0 bridgehead atoms. The summed E-state index contributed by atoms with van der Waals surface area (Å²) in [5.41, 5.74) is 0. The fourth-order valence-electron chi connectivity index (χ4n) is 7.78. The molecule has 0 rings (SSSR count). The molecule has 62 heavy (non-hydrogen) atoms. The van der Waals surface area contributed by atoms with E-state index in [1.54, 1.807) is 0 Å². The number of esters is 2. The quantitative estimate of drug-likeness (QED) is 0.0375. The van der Waals surface area contributed by atoms with Crippen LogP contribution in [0.2, 0.25) is 0 Å². The van der Waals surface area contributed by atoms with Gasteiger partial charge in [-0.1, -0.05) is 242 Å². The molecule has 360 valence electrons. The Morgan fingerprint density at radius 2 is 0.694 bits per heavy atom. The van der Waals surface area contributed by atoms with E-state index < -0.39 is 6.10 Å². The molecule has 0 heterocycles. The molecule has 1 unspecified atom stereocenters. The Hall–Kier alpha value is -2.40. The van der Waals surface area contributed by atoms with Crippen molar-refractivity contribution in [2.75, 3.05) is 13.2 Å². The van der Waals surface area contributed by atoms with Crippen LogP contribution in [0.1, 0.15) is 271 Å². The topological polar surface area (TPSA) is 72.8 Å². The lowest BCUT2D eigenvalue weighted by Gasteiger charge is -2.15. The Morgan fingerprint density at radius 1 is 0.387 bits per heavy atom. The molecule has 0 aliphatic heterocycles. The molecule has 0 fully saturated rings. The van der Waals surface area contributed by atoms with Crippen molar-refractivity contribution in [2.24, 2.45) is 0 Å². The molecule has 0 saturated heterocycles. The smallest absolute Gasteiger partial charge is 0.306 e. The van der Waals surface area contributed by atoms with Crippen LogP contribution in [0.4, 0.5) is 0 Å². The van der Waals surface area contributed by atoms with Gasteiger partial charge in [-0.3, -0.25) is 9.59 Å². The van der Waals surface area contributed by atoms with E-state index >= 15 is 0 Å². The van der Waals surface area contributed by atoms with E-state index in [0.717, 1.165) is 77.0 Å². The Bertz CT molecular complexity index is 1070. The second-order valence-corrected chi connectivity index (χ2v) is 17.9. The van der Waals surface area contributed by atoms with E-state index in [1.807, 2.05) is 0 Å². The van der Waals surface area contributed by atoms with Gasteiger partial charge in [0, 0.05) is 12.8 Å². The molecule has 0 aromatic carbocycles. The summed E-state index contributed by atoms with van der Waals surface area (Å²) in [5, 5.41) is 9.61. The molecule has 0 aliphatic carbocycles. The second-order valence-electron chi connectivity index (χ2n) is 17.9. The van der Waals surface area contributed by atoms with Crippen molar-refractivity contribution < 1.29 is 24.2 Å². The highest BCUT2D eigenvalue weighted by atomic mass is 16.6. The molecule has 1 N–H and O–H groups in total.